The third-order valence-corrected chi connectivity index (χ3v) is 4.69. The van der Waals surface area contributed by atoms with E-state index in [2.05, 4.69) is 49.0 Å². The molecule has 0 radical (unpaired) electrons. The average Bonchev–Trinajstić information content (AvgIpc) is 3.11. The molecule has 31 heavy (non-hydrogen) atoms. The van der Waals surface area contributed by atoms with Crippen LogP contribution < -0.4 is 5.32 Å². The minimum atomic E-state index is -0.148. The predicted molar refractivity (Wildman–Crippen MR) is 124 cm³/mol. The van der Waals surface area contributed by atoms with Crippen LogP contribution in [-0.2, 0) is 6.42 Å². The van der Waals surface area contributed by atoms with Crippen LogP contribution >= 0.6 is 0 Å². The second kappa shape index (κ2) is 8.34. The molecule has 0 unspecified atom stereocenters. The number of aromatic nitrogens is 3. The number of fused-ring (bicyclic) bond motifs is 1. The number of rotatable bonds is 3. The standard InChI is InChI=1S/C26H23N5/c1-26(2,3)30-25-24(29-23-18-28-15-16-31(23)25)22-12-11-20(13-14-27)21(17-22)10-9-19-7-5-4-6-8-19/h4-8,11-12,15-18,30H,13H2,1-3H3. The minimum Gasteiger partial charge on any atom is -0.365 e. The topological polar surface area (TPSA) is 66.0 Å². The smallest absolute Gasteiger partial charge is 0.157 e. The van der Waals surface area contributed by atoms with Gasteiger partial charge in [0.1, 0.15) is 11.5 Å². The lowest BCUT2D eigenvalue weighted by Crippen LogP contribution is -2.27. The van der Waals surface area contributed by atoms with Gasteiger partial charge in [-0.3, -0.25) is 9.38 Å². The molecule has 0 atom stereocenters. The van der Waals surface area contributed by atoms with Crippen LogP contribution in [0.2, 0.25) is 0 Å². The van der Waals surface area contributed by atoms with Gasteiger partial charge in [0.2, 0.25) is 0 Å². The van der Waals surface area contributed by atoms with E-state index < -0.39 is 0 Å². The molecule has 5 heteroatoms. The summed E-state index contributed by atoms with van der Waals surface area (Å²) in [7, 11) is 0. The summed E-state index contributed by atoms with van der Waals surface area (Å²) in [4.78, 5) is 9.03. The van der Waals surface area contributed by atoms with E-state index in [-0.39, 0.29) is 5.54 Å². The highest BCUT2D eigenvalue weighted by atomic mass is 15.2. The Balaban J connectivity index is 1.86. The molecule has 152 valence electrons. The molecule has 2 heterocycles. The van der Waals surface area contributed by atoms with E-state index >= 15 is 0 Å². The van der Waals surface area contributed by atoms with Gasteiger partial charge in [0.25, 0.3) is 0 Å². The quantitative estimate of drug-likeness (QED) is 0.483. The lowest BCUT2D eigenvalue weighted by Gasteiger charge is -2.22. The maximum Gasteiger partial charge on any atom is 0.157 e. The molecule has 0 amide bonds. The van der Waals surface area contributed by atoms with Crippen molar-refractivity contribution >= 4 is 11.5 Å². The molecule has 0 saturated heterocycles. The molecule has 4 aromatic rings. The molecule has 2 aromatic carbocycles. The number of benzene rings is 2. The number of hydrogen-bond acceptors (Lipinski definition) is 4. The summed E-state index contributed by atoms with van der Waals surface area (Å²) < 4.78 is 2.01. The third kappa shape index (κ3) is 4.57. The number of nitriles is 1. The molecule has 0 aliphatic carbocycles. The van der Waals surface area contributed by atoms with E-state index in [1.54, 1.807) is 12.4 Å². The number of nitrogens with one attached hydrogen (secondary N) is 1. The minimum absolute atomic E-state index is 0.148. The first kappa shape index (κ1) is 20.2. The monoisotopic (exact) mass is 405 g/mol. The van der Waals surface area contributed by atoms with Gasteiger partial charge < -0.3 is 5.32 Å². The molecular formula is C26H23N5. The molecule has 0 aliphatic rings. The van der Waals surface area contributed by atoms with Gasteiger partial charge in [-0.1, -0.05) is 42.2 Å². The zero-order chi connectivity index (χ0) is 21.8. The number of nitrogens with zero attached hydrogens (tertiary/aromatic N) is 4. The molecule has 0 bridgehead atoms. The molecular weight excluding hydrogens is 382 g/mol. The first-order valence-corrected chi connectivity index (χ1v) is 10.1. The van der Waals surface area contributed by atoms with Crippen molar-refractivity contribution in [3.8, 4) is 29.2 Å². The Hall–Kier alpha value is -4.09. The summed E-state index contributed by atoms with van der Waals surface area (Å²) >= 11 is 0. The maximum absolute atomic E-state index is 9.25. The molecule has 0 fully saturated rings. The lowest BCUT2D eigenvalue weighted by atomic mass is 9.99. The van der Waals surface area contributed by atoms with Crippen LogP contribution in [0.4, 0.5) is 5.82 Å². The van der Waals surface area contributed by atoms with Gasteiger partial charge in [0.05, 0.1) is 18.7 Å². The van der Waals surface area contributed by atoms with Crippen molar-refractivity contribution in [3.63, 3.8) is 0 Å². The SMILES string of the molecule is CC(C)(C)Nc1c(-c2ccc(CC#N)c(C#Cc3ccccc3)c2)nc2cnccn12. The molecule has 1 N–H and O–H groups in total. The van der Waals surface area contributed by atoms with Crippen LogP contribution in [-0.4, -0.2) is 19.9 Å². The highest BCUT2D eigenvalue weighted by molar-refractivity contribution is 5.78. The fraction of sp³-hybridized carbons (Fsp3) is 0.192. The second-order valence-corrected chi connectivity index (χ2v) is 8.31. The summed E-state index contributed by atoms with van der Waals surface area (Å²) in [6.07, 6.45) is 5.71. The van der Waals surface area contributed by atoms with Crippen LogP contribution in [0, 0.1) is 23.2 Å². The highest BCUT2D eigenvalue weighted by Gasteiger charge is 2.20. The van der Waals surface area contributed by atoms with E-state index in [9.17, 15) is 5.26 Å². The Bertz CT molecular complexity index is 1330. The number of hydrogen-bond donors (Lipinski definition) is 1. The second-order valence-electron chi connectivity index (χ2n) is 8.31. The van der Waals surface area contributed by atoms with Gasteiger partial charge in [-0.05, 0) is 44.5 Å². The van der Waals surface area contributed by atoms with E-state index in [0.29, 0.717) is 6.42 Å². The molecule has 0 spiro atoms. The predicted octanol–water partition coefficient (Wildman–Crippen LogP) is 5.07. The van der Waals surface area contributed by atoms with Crippen molar-refractivity contribution in [1.29, 1.82) is 5.26 Å². The fourth-order valence-electron chi connectivity index (χ4n) is 3.32. The molecule has 4 rings (SSSR count). The van der Waals surface area contributed by atoms with Gasteiger partial charge in [-0.2, -0.15) is 5.26 Å². The first-order chi connectivity index (χ1) is 14.9. The summed E-state index contributed by atoms with van der Waals surface area (Å²) in [5.41, 5.74) is 5.06. The van der Waals surface area contributed by atoms with E-state index in [1.807, 2.05) is 59.1 Å². The Morgan fingerprint density at radius 3 is 2.61 bits per heavy atom. The number of anilines is 1. The van der Waals surface area contributed by atoms with Crippen LogP contribution in [0.15, 0.2) is 67.1 Å². The van der Waals surface area contributed by atoms with Gasteiger partial charge in [-0.25, -0.2) is 4.98 Å². The summed E-state index contributed by atoms with van der Waals surface area (Å²) in [5.74, 6) is 7.37. The van der Waals surface area contributed by atoms with Crippen molar-refractivity contribution < 1.29 is 0 Å². The molecule has 0 aliphatic heterocycles. The van der Waals surface area contributed by atoms with Gasteiger partial charge in [0, 0.05) is 34.6 Å². The van der Waals surface area contributed by atoms with Crippen molar-refractivity contribution in [2.24, 2.45) is 0 Å². The van der Waals surface area contributed by atoms with Crippen LogP contribution in [0.5, 0.6) is 0 Å². The van der Waals surface area contributed by atoms with Crippen LogP contribution in [0.1, 0.15) is 37.5 Å². The average molecular weight is 406 g/mol. The fourth-order valence-corrected chi connectivity index (χ4v) is 3.32. The molecule has 0 saturated carbocycles. The third-order valence-electron chi connectivity index (χ3n) is 4.69. The van der Waals surface area contributed by atoms with Crippen molar-refractivity contribution in [1.82, 2.24) is 14.4 Å². The highest BCUT2D eigenvalue weighted by Crippen LogP contribution is 2.31. The van der Waals surface area contributed by atoms with Crippen molar-refractivity contribution in [2.75, 3.05) is 5.32 Å². The van der Waals surface area contributed by atoms with Gasteiger partial charge in [0.15, 0.2) is 5.65 Å². The summed E-state index contributed by atoms with van der Waals surface area (Å²) in [5, 5.41) is 12.8. The normalized spacial score (nSPS) is 10.9. The van der Waals surface area contributed by atoms with Crippen LogP contribution in [0.3, 0.4) is 0 Å². The van der Waals surface area contributed by atoms with Crippen LogP contribution in [0.25, 0.3) is 16.9 Å². The Morgan fingerprint density at radius 1 is 1.06 bits per heavy atom. The van der Waals surface area contributed by atoms with Gasteiger partial charge >= 0.3 is 0 Å². The largest absolute Gasteiger partial charge is 0.365 e. The molecule has 5 nitrogen and oxygen atoms in total. The Kier molecular flexibility index (Phi) is 5.43. The maximum atomic E-state index is 9.25. The summed E-state index contributed by atoms with van der Waals surface area (Å²) in [6, 6.07) is 18.1. The van der Waals surface area contributed by atoms with E-state index in [0.717, 1.165) is 39.4 Å². The molecule has 2 aromatic heterocycles. The van der Waals surface area contributed by atoms with E-state index in [1.165, 1.54) is 0 Å². The Morgan fingerprint density at radius 2 is 1.87 bits per heavy atom. The zero-order valence-corrected chi connectivity index (χ0v) is 17.8. The Labute approximate surface area is 182 Å². The zero-order valence-electron chi connectivity index (χ0n) is 17.8. The van der Waals surface area contributed by atoms with E-state index in [4.69, 9.17) is 4.98 Å². The summed E-state index contributed by atoms with van der Waals surface area (Å²) in [6.45, 7) is 6.35. The first-order valence-electron chi connectivity index (χ1n) is 10.1. The van der Waals surface area contributed by atoms with Gasteiger partial charge in [-0.15, -0.1) is 0 Å². The van der Waals surface area contributed by atoms with Crippen molar-refractivity contribution in [2.45, 2.75) is 32.7 Å². The van der Waals surface area contributed by atoms with Crippen molar-refractivity contribution in [3.05, 3.63) is 83.8 Å². The lowest BCUT2D eigenvalue weighted by molar-refractivity contribution is 0.629. The number of imidazole rings is 1.